The maximum Gasteiger partial charge on any atom is 0.390 e. The molecule has 0 aliphatic carbocycles. The van der Waals surface area contributed by atoms with E-state index in [9.17, 15) is 21.6 Å². The summed E-state index contributed by atoms with van der Waals surface area (Å²) in [5.41, 5.74) is 0. The van der Waals surface area contributed by atoms with E-state index >= 15 is 0 Å². The lowest BCUT2D eigenvalue weighted by molar-refractivity contribution is -0.132. The maximum atomic E-state index is 11.9. The Balaban J connectivity index is 4.07. The van der Waals surface area contributed by atoms with Crippen molar-refractivity contribution in [2.45, 2.75) is 19.5 Å². The second-order valence-electron chi connectivity index (χ2n) is 3.72. The standard InChI is InChI=1S/C9H19F3N4O2S/c1-3-13-8(14-5-4-9(10,11)12)15-6-7-16-19(2,17)18/h16H,3-7H2,1-2H3,(H2,13,14,15). The highest BCUT2D eigenvalue weighted by molar-refractivity contribution is 7.88. The molecule has 0 atom stereocenters. The Hall–Kier alpha value is -1.03. The van der Waals surface area contributed by atoms with E-state index in [1.54, 1.807) is 6.92 Å². The third-order valence-corrected chi connectivity index (χ3v) is 2.52. The first kappa shape index (κ1) is 18.0. The van der Waals surface area contributed by atoms with E-state index < -0.39 is 22.6 Å². The third-order valence-electron chi connectivity index (χ3n) is 1.79. The molecule has 6 nitrogen and oxygen atoms in total. The number of nitrogens with zero attached hydrogens (tertiary/aromatic N) is 1. The minimum Gasteiger partial charge on any atom is -0.357 e. The molecule has 0 unspecified atom stereocenters. The normalized spacial score (nSPS) is 13.4. The van der Waals surface area contributed by atoms with Crippen molar-refractivity contribution >= 4 is 16.0 Å². The van der Waals surface area contributed by atoms with Gasteiger partial charge in [-0.1, -0.05) is 0 Å². The van der Waals surface area contributed by atoms with Crippen molar-refractivity contribution in [3.05, 3.63) is 0 Å². The van der Waals surface area contributed by atoms with Gasteiger partial charge in [0.25, 0.3) is 0 Å². The van der Waals surface area contributed by atoms with Gasteiger partial charge >= 0.3 is 6.18 Å². The minimum atomic E-state index is -4.24. The van der Waals surface area contributed by atoms with Crippen LogP contribution < -0.4 is 15.4 Å². The van der Waals surface area contributed by atoms with Crippen LogP contribution in [0.25, 0.3) is 0 Å². The van der Waals surface area contributed by atoms with Gasteiger partial charge in [0, 0.05) is 19.6 Å². The average molecular weight is 304 g/mol. The second-order valence-corrected chi connectivity index (χ2v) is 5.55. The first-order valence-corrected chi connectivity index (χ1v) is 7.57. The van der Waals surface area contributed by atoms with Gasteiger partial charge in [0.2, 0.25) is 10.0 Å². The van der Waals surface area contributed by atoms with E-state index in [-0.39, 0.29) is 25.6 Å². The molecule has 0 saturated carbocycles. The molecule has 3 N–H and O–H groups in total. The Morgan fingerprint density at radius 1 is 1.21 bits per heavy atom. The highest BCUT2D eigenvalue weighted by Gasteiger charge is 2.26. The largest absolute Gasteiger partial charge is 0.390 e. The van der Waals surface area contributed by atoms with Crippen LogP contribution >= 0.6 is 0 Å². The van der Waals surface area contributed by atoms with Gasteiger partial charge in [-0.15, -0.1) is 0 Å². The molecular formula is C9H19F3N4O2S. The molecule has 0 aliphatic heterocycles. The number of guanidine groups is 1. The van der Waals surface area contributed by atoms with Gasteiger partial charge in [-0.2, -0.15) is 13.2 Å². The van der Waals surface area contributed by atoms with Gasteiger partial charge < -0.3 is 10.6 Å². The maximum absolute atomic E-state index is 11.9. The molecule has 0 saturated heterocycles. The van der Waals surface area contributed by atoms with Crippen LogP contribution in [-0.4, -0.2) is 53.0 Å². The van der Waals surface area contributed by atoms with Crippen LogP contribution in [0.4, 0.5) is 13.2 Å². The third kappa shape index (κ3) is 13.2. The number of hydrogen-bond donors (Lipinski definition) is 3. The minimum absolute atomic E-state index is 0.127. The molecule has 114 valence electrons. The van der Waals surface area contributed by atoms with Gasteiger partial charge in [-0.05, 0) is 6.92 Å². The van der Waals surface area contributed by atoms with Crippen molar-refractivity contribution in [3.63, 3.8) is 0 Å². The van der Waals surface area contributed by atoms with E-state index in [2.05, 4.69) is 20.3 Å². The van der Waals surface area contributed by atoms with E-state index in [1.165, 1.54) is 0 Å². The molecule has 0 rings (SSSR count). The first-order chi connectivity index (χ1) is 8.64. The molecule has 19 heavy (non-hydrogen) atoms. The summed E-state index contributed by atoms with van der Waals surface area (Å²) < 4.78 is 59.6. The lowest BCUT2D eigenvalue weighted by Gasteiger charge is -2.11. The SMILES string of the molecule is CCNC(=NCCC(F)(F)F)NCCNS(C)(=O)=O. The molecule has 0 aliphatic rings. The summed E-state index contributed by atoms with van der Waals surface area (Å²) in [5.74, 6) is 0.224. The summed E-state index contributed by atoms with van der Waals surface area (Å²) in [4.78, 5) is 3.73. The highest BCUT2D eigenvalue weighted by Crippen LogP contribution is 2.18. The number of sulfonamides is 1. The molecule has 0 amide bonds. The van der Waals surface area contributed by atoms with Crippen LogP contribution in [-0.2, 0) is 10.0 Å². The van der Waals surface area contributed by atoms with E-state index in [0.29, 0.717) is 6.54 Å². The van der Waals surface area contributed by atoms with Crippen molar-refractivity contribution in [2.24, 2.45) is 4.99 Å². The molecule has 0 aromatic carbocycles. The summed E-state index contributed by atoms with van der Waals surface area (Å²) in [6, 6.07) is 0. The molecule has 0 bridgehead atoms. The molecule has 10 heteroatoms. The Labute approximate surface area is 110 Å². The van der Waals surface area contributed by atoms with E-state index in [0.717, 1.165) is 6.26 Å². The van der Waals surface area contributed by atoms with Gasteiger partial charge in [-0.25, -0.2) is 13.1 Å². The van der Waals surface area contributed by atoms with Gasteiger partial charge in [0.1, 0.15) is 0 Å². The van der Waals surface area contributed by atoms with Crippen molar-refractivity contribution in [2.75, 3.05) is 32.4 Å². The predicted octanol–water partition coefficient (Wildman–Crippen LogP) is 0.0431. The van der Waals surface area contributed by atoms with Gasteiger partial charge in [-0.3, -0.25) is 4.99 Å². The second kappa shape index (κ2) is 8.20. The summed E-state index contributed by atoms with van der Waals surface area (Å²) in [6.07, 6.45) is -4.21. The fourth-order valence-corrected chi connectivity index (χ4v) is 1.53. The zero-order chi connectivity index (χ0) is 14.9. The Morgan fingerprint density at radius 2 is 1.84 bits per heavy atom. The van der Waals surface area contributed by atoms with Crippen molar-refractivity contribution in [1.82, 2.24) is 15.4 Å². The molecule has 0 radical (unpaired) electrons. The average Bonchev–Trinajstić information content (AvgIpc) is 2.21. The van der Waals surface area contributed by atoms with Crippen molar-refractivity contribution in [3.8, 4) is 0 Å². The molecule has 0 spiro atoms. The molecule has 0 fully saturated rings. The Kier molecular flexibility index (Phi) is 7.76. The fraction of sp³-hybridized carbons (Fsp3) is 0.889. The summed E-state index contributed by atoms with van der Waals surface area (Å²) >= 11 is 0. The van der Waals surface area contributed by atoms with E-state index in [1.807, 2.05) is 0 Å². The predicted molar refractivity (Wildman–Crippen MR) is 67.5 cm³/mol. The van der Waals surface area contributed by atoms with Crippen LogP contribution in [0.2, 0.25) is 0 Å². The first-order valence-electron chi connectivity index (χ1n) is 5.67. The lowest BCUT2D eigenvalue weighted by atomic mass is 10.4. The summed E-state index contributed by atoms with van der Waals surface area (Å²) in [5, 5.41) is 5.48. The zero-order valence-corrected chi connectivity index (χ0v) is 11.7. The number of hydrogen-bond acceptors (Lipinski definition) is 3. The van der Waals surface area contributed by atoms with Gasteiger partial charge in [0.15, 0.2) is 5.96 Å². The Bertz CT molecular complexity index is 381. The monoisotopic (exact) mass is 304 g/mol. The van der Waals surface area contributed by atoms with Crippen molar-refractivity contribution < 1.29 is 21.6 Å². The number of aliphatic imine (C=N–C) groups is 1. The highest BCUT2D eigenvalue weighted by atomic mass is 32.2. The topological polar surface area (TPSA) is 82.6 Å². The number of nitrogens with one attached hydrogen (secondary N) is 3. The van der Waals surface area contributed by atoms with Crippen LogP contribution in [0.15, 0.2) is 4.99 Å². The fourth-order valence-electron chi connectivity index (χ4n) is 1.05. The van der Waals surface area contributed by atoms with Crippen LogP contribution in [0.1, 0.15) is 13.3 Å². The van der Waals surface area contributed by atoms with Crippen LogP contribution in [0, 0.1) is 0 Å². The molecule has 0 aromatic rings. The molecular weight excluding hydrogens is 285 g/mol. The van der Waals surface area contributed by atoms with Crippen molar-refractivity contribution in [1.29, 1.82) is 0 Å². The number of alkyl halides is 3. The molecule has 0 heterocycles. The van der Waals surface area contributed by atoms with Crippen LogP contribution in [0.5, 0.6) is 0 Å². The smallest absolute Gasteiger partial charge is 0.357 e. The molecule has 0 aromatic heterocycles. The number of halogens is 3. The van der Waals surface area contributed by atoms with E-state index in [4.69, 9.17) is 0 Å². The quantitative estimate of drug-likeness (QED) is 0.352. The van der Waals surface area contributed by atoms with Crippen LogP contribution in [0.3, 0.4) is 0 Å². The number of rotatable bonds is 7. The van der Waals surface area contributed by atoms with Gasteiger partial charge in [0.05, 0.1) is 19.2 Å². The zero-order valence-electron chi connectivity index (χ0n) is 10.8. The summed E-state index contributed by atoms with van der Waals surface area (Å²) in [6.45, 7) is 2.25. The Morgan fingerprint density at radius 3 is 2.32 bits per heavy atom. The lowest BCUT2D eigenvalue weighted by Crippen LogP contribution is -2.41. The summed E-state index contributed by atoms with van der Waals surface area (Å²) in [7, 11) is -3.27.